The molecule has 2 heterocycles. The SMILES string of the molecule is CN1CCCCCC1.CN1CCCOCC1. The van der Waals surface area contributed by atoms with Crippen molar-refractivity contribution in [1.29, 1.82) is 0 Å². The van der Waals surface area contributed by atoms with Crippen LogP contribution in [-0.2, 0) is 4.74 Å². The molecule has 0 aromatic heterocycles. The second kappa shape index (κ2) is 8.97. The fraction of sp³-hybridized carbons (Fsp3) is 1.00. The minimum Gasteiger partial charge on any atom is -0.380 e. The van der Waals surface area contributed by atoms with Gasteiger partial charge in [0.05, 0.1) is 6.61 Å². The van der Waals surface area contributed by atoms with Crippen LogP contribution in [0.5, 0.6) is 0 Å². The molecule has 2 fully saturated rings. The third-order valence-corrected chi connectivity index (χ3v) is 3.28. The molecule has 2 aliphatic rings. The van der Waals surface area contributed by atoms with E-state index in [1.165, 1.54) is 51.7 Å². The largest absolute Gasteiger partial charge is 0.380 e. The highest BCUT2D eigenvalue weighted by molar-refractivity contribution is 4.57. The van der Waals surface area contributed by atoms with Crippen molar-refractivity contribution in [3.63, 3.8) is 0 Å². The van der Waals surface area contributed by atoms with Crippen LogP contribution in [0.25, 0.3) is 0 Å². The molecule has 2 saturated heterocycles. The quantitative estimate of drug-likeness (QED) is 0.629. The zero-order valence-corrected chi connectivity index (χ0v) is 11.1. The van der Waals surface area contributed by atoms with E-state index in [-0.39, 0.29) is 0 Å². The Morgan fingerprint density at radius 3 is 1.88 bits per heavy atom. The van der Waals surface area contributed by atoms with Crippen molar-refractivity contribution < 1.29 is 4.74 Å². The van der Waals surface area contributed by atoms with Gasteiger partial charge in [-0.05, 0) is 46.4 Å². The maximum Gasteiger partial charge on any atom is 0.0593 e. The number of likely N-dealkylation sites (tertiary alicyclic amines) is 1. The van der Waals surface area contributed by atoms with Crippen LogP contribution < -0.4 is 0 Å². The average molecular weight is 228 g/mol. The number of nitrogens with zero attached hydrogens (tertiary/aromatic N) is 2. The van der Waals surface area contributed by atoms with Crippen molar-refractivity contribution in [2.45, 2.75) is 32.1 Å². The highest BCUT2D eigenvalue weighted by atomic mass is 16.5. The zero-order valence-electron chi connectivity index (χ0n) is 11.1. The van der Waals surface area contributed by atoms with Crippen LogP contribution in [-0.4, -0.2) is 63.3 Å². The normalized spacial score (nSPS) is 25.1. The lowest BCUT2D eigenvalue weighted by atomic mass is 10.2. The van der Waals surface area contributed by atoms with Crippen molar-refractivity contribution in [1.82, 2.24) is 9.80 Å². The third-order valence-electron chi connectivity index (χ3n) is 3.28. The van der Waals surface area contributed by atoms with Gasteiger partial charge >= 0.3 is 0 Å². The van der Waals surface area contributed by atoms with Crippen LogP contribution in [0.3, 0.4) is 0 Å². The standard InChI is InChI=1S/C7H15N.C6H13NO/c1-8-6-4-2-3-5-7-8;1-7-3-2-5-8-6-4-7/h2-7H2,1H3;2-6H2,1H3. The molecule has 0 aromatic rings. The fourth-order valence-electron chi connectivity index (χ4n) is 2.10. The highest BCUT2D eigenvalue weighted by Gasteiger charge is 2.02. The summed E-state index contributed by atoms with van der Waals surface area (Å²) in [7, 11) is 4.35. The Kier molecular flexibility index (Phi) is 7.81. The van der Waals surface area contributed by atoms with Gasteiger partial charge in [-0.2, -0.15) is 0 Å². The van der Waals surface area contributed by atoms with Gasteiger partial charge in [-0.3, -0.25) is 0 Å². The van der Waals surface area contributed by atoms with Crippen LogP contribution in [0.1, 0.15) is 32.1 Å². The molecule has 0 N–H and O–H groups in total. The van der Waals surface area contributed by atoms with E-state index in [1.807, 2.05) is 0 Å². The number of likely N-dealkylation sites (N-methyl/N-ethyl adjacent to an activating group) is 1. The van der Waals surface area contributed by atoms with Crippen molar-refractivity contribution in [3.8, 4) is 0 Å². The van der Waals surface area contributed by atoms with Gasteiger partial charge in [0.2, 0.25) is 0 Å². The van der Waals surface area contributed by atoms with E-state index in [0.29, 0.717) is 0 Å². The summed E-state index contributed by atoms with van der Waals surface area (Å²) in [6.45, 7) is 6.79. The van der Waals surface area contributed by atoms with Gasteiger partial charge in [-0.1, -0.05) is 12.8 Å². The number of rotatable bonds is 0. The van der Waals surface area contributed by atoms with Crippen LogP contribution in [0, 0.1) is 0 Å². The molecule has 16 heavy (non-hydrogen) atoms. The molecule has 2 aliphatic heterocycles. The Bertz CT molecular complexity index is 130. The Labute approximate surface area is 101 Å². The van der Waals surface area contributed by atoms with Crippen LogP contribution >= 0.6 is 0 Å². The van der Waals surface area contributed by atoms with Gasteiger partial charge in [0.25, 0.3) is 0 Å². The first kappa shape index (κ1) is 13.9. The summed E-state index contributed by atoms with van der Waals surface area (Å²) < 4.78 is 5.22. The van der Waals surface area contributed by atoms with E-state index in [0.717, 1.165) is 19.8 Å². The second-order valence-electron chi connectivity index (χ2n) is 4.99. The van der Waals surface area contributed by atoms with Crippen LogP contribution in [0.2, 0.25) is 0 Å². The molecule has 0 atom stereocenters. The van der Waals surface area contributed by atoms with Crippen molar-refractivity contribution in [3.05, 3.63) is 0 Å². The molecule has 3 heteroatoms. The van der Waals surface area contributed by atoms with E-state index < -0.39 is 0 Å². The molecule has 2 rings (SSSR count). The molecule has 0 unspecified atom stereocenters. The first-order chi connectivity index (χ1) is 7.79. The topological polar surface area (TPSA) is 15.7 Å². The summed E-state index contributed by atoms with van der Waals surface area (Å²) in [5, 5.41) is 0. The zero-order chi connectivity index (χ0) is 11.6. The minimum absolute atomic E-state index is 0.913. The van der Waals surface area contributed by atoms with Crippen molar-refractivity contribution in [2.75, 3.05) is 53.5 Å². The van der Waals surface area contributed by atoms with E-state index in [2.05, 4.69) is 23.9 Å². The van der Waals surface area contributed by atoms with E-state index in [1.54, 1.807) is 0 Å². The maximum atomic E-state index is 5.22. The Hall–Kier alpha value is -0.120. The monoisotopic (exact) mass is 228 g/mol. The highest BCUT2D eigenvalue weighted by Crippen LogP contribution is 2.06. The lowest BCUT2D eigenvalue weighted by Gasteiger charge is -2.10. The minimum atomic E-state index is 0.913. The second-order valence-corrected chi connectivity index (χ2v) is 4.99. The molecular weight excluding hydrogens is 200 g/mol. The fourth-order valence-corrected chi connectivity index (χ4v) is 2.10. The van der Waals surface area contributed by atoms with E-state index in [9.17, 15) is 0 Å². The summed E-state index contributed by atoms with van der Waals surface area (Å²) in [6, 6.07) is 0. The number of hydrogen-bond acceptors (Lipinski definition) is 3. The van der Waals surface area contributed by atoms with Gasteiger partial charge in [-0.25, -0.2) is 0 Å². The summed E-state index contributed by atoms with van der Waals surface area (Å²) in [5.74, 6) is 0. The number of hydrogen-bond donors (Lipinski definition) is 0. The Morgan fingerprint density at radius 2 is 1.19 bits per heavy atom. The molecule has 0 saturated carbocycles. The molecule has 0 amide bonds. The van der Waals surface area contributed by atoms with E-state index >= 15 is 0 Å². The molecule has 0 bridgehead atoms. The average Bonchev–Trinajstić information content (AvgIpc) is 2.64. The van der Waals surface area contributed by atoms with Crippen LogP contribution in [0.4, 0.5) is 0 Å². The van der Waals surface area contributed by atoms with Gasteiger partial charge < -0.3 is 14.5 Å². The van der Waals surface area contributed by atoms with Crippen molar-refractivity contribution in [2.24, 2.45) is 0 Å². The summed E-state index contributed by atoms with van der Waals surface area (Å²) in [4.78, 5) is 4.72. The smallest absolute Gasteiger partial charge is 0.0593 e. The van der Waals surface area contributed by atoms with Crippen molar-refractivity contribution >= 4 is 0 Å². The molecule has 3 nitrogen and oxygen atoms in total. The van der Waals surface area contributed by atoms with Gasteiger partial charge in [-0.15, -0.1) is 0 Å². The maximum absolute atomic E-state index is 5.22. The van der Waals surface area contributed by atoms with Gasteiger partial charge in [0.1, 0.15) is 0 Å². The molecular formula is C13H28N2O. The van der Waals surface area contributed by atoms with Gasteiger partial charge in [0.15, 0.2) is 0 Å². The lowest BCUT2D eigenvalue weighted by molar-refractivity contribution is 0.144. The summed E-state index contributed by atoms with van der Waals surface area (Å²) >= 11 is 0. The number of ether oxygens (including phenoxy) is 1. The lowest BCUT2D eigenvalue weighted by Crippen LogP contribution is -2.20. The third kappa shape index (κ3) is 7.20. The Morgan fingerprint density at radius 1 is 0.625 bits per heavy atom. The molecule has 0 spiro atoms. The van der Waals surface area contributed by atoms with Crippen LogP contribution in [0.15, 0.2) is 0 Å². The van der Waals surface area contributed by atoms with E-state index in [4.69, 9.17) is 4.74 Å². The summed E-state index contributed by atoms with van der Waals surface area (Å²) in [6.07, 6.45) is 6.91. The first-order valence-electron chi connectivity index (χ1n) is 6.74. The molecule has 0 radical (unpaired) electrons. The Balaban J connectivity index is 0.000000160. The molecule has 96 valence electrons. The molecule has 0 aliphatic carbocycles. The predicted molar refractivity (Wildman–Crippen MR) is 68.9 cm³/mol. The predicted octanol–water partition coefficient (Wildman–Crippen LogP) is 1.83. The summed E-state index contributed by atoms with van der Waals surface area (Å²) in [5.41, 5.74) is 0. The van der Waals surface area contributed by atoms with Gasteiger partial charge in [0, 0.05) is 19.7 Å². The first-order valence-corrected chi connectivity index (χ1v) is 6.74. The molecule has 0 aromatic carbocycles.